The van der Waals surface area contributed by atoms with Crippen molar-refractivity contribution in [3.05, 3.63) is 71.0 Å². The van der Waals surface area contributed by atoms with E-state index in [0.29, 0.717) is 18.1 Å². The number of hydrogen-bond donors (Lipinski definition) is 1. The number of Topliss-reactive ketones (excluding diaryl/α,β-unsaturated/α-hetero) is 1. The highest BCUT2D eigenvalue weighted by Gasteiger charge is 2.31. The van der Waals surface area contributed by atoms with E-state index in [1.165, 1.54) is 0 Å². The Morgan fingerprint density at radius 1 is 1.21 bits per heavy atom. The number of rotatable bonds is 1. The quantitative estimate of drug-likeness (QED) is 0.862. The molecule has 7 heteroatoms. The Balaban J connectivity index is 1.58. The van der Waals surface area contributed by atoms with Crippen LogP contribution in [-0.2, 0) is 6.42 Å². The third kappa shape index (κ3) is 1.88. The molecule has 0 atom stereocenters. The maximum Gasteiger partial charge on any atom is 0.212 e. The fraction of sp³-hybridized carbons (Fsp3) is 0.118. The lowest BCUT2D eigenvalue weighted by Gasteiger charge is -2.31. The van der Waals surface area contributed by atoms with E-state index in [2.05, 4.69) is 25.6 Å². The van der Waals surface area contributed by atoms with Gasteiger partial charge in [-0.05, 0) is 16.9 Å². The highest BCUT2D eigenvalue weighted by atomic mass is 16.1. The van der Waals surface area contributed by atoms with Gasteiger partial charge in [-0.3, -0.25) is 4.79 Å². The maximum atomic E-state index is 12.8. The molecule has 3 heterocycles. The Labute approximate surface area is 137 Å². The fourth-order valence-corrected chi connectivity index (χ4v) is 3.22. The van der Waals surface area contributed by atoms with Gasteiger partial charge in [0.1, 0.15) is 11.5 Å². The van der Waals surface area contributed by atoms with E-state index in [9.17, 15) is 4.79 Å². The number of nitrogens with zero attached hydrogens (tertiary/aromatic N) is 5. The molecule has 0 bridgehead atoms. The number of carbonyl (C=O) groups is 1. The lowest BCUT2D eigenvalue weighted by molar-refractivity contribution is 0.106. The third-order valence-corrected chi connectivity index (χ3v) is 4.39. The van der Waals surface area contributed by atoms with Crippen LogP contribution in [0.4, 0.5) is 0 Å². The first-order chi connectivity index (χ1) is 11.8. The van der Waals surface area contributed by atoms with E-state index in [0.717, 1.165) is 34.5 Å². The molecule has 2 aliphatic heterocycles. The summed E-state index contributed by atoms with van der Waals surface area (Å²) in [5.41, 5.74) is 4.14. The van der Waals surface area contributed by atoms with Crippen molar-refractivity contribution in [2.45, 2.75) is 6.42 Å². The van der Waals surface area contributed by atoms with Crippen molar-refractivity contribution in [1.29, 1.82) is 0 Å². The van der Waals surface area contributed by atoms with Gasteiger partial charge < -0.3 is 4.90 Å². The summed E-state index contributed by atoms with van der Waals surface area (Å²) in [5.74, 6) is 1.24. The number of aromatic nitrogens is 4. The summed E-state index contributed by atoms with van der Waals surface area (Å²) in [6.07, 6.45) is 6.64. The fourth-order valence-electron chi connectivity index (χ4n) is 3.22. The third-order valence-electron chi connectivity index (χ3n) is 4.39. The number of nitrogens with one attached hydrogen (secondary N) is 1. The number of allylic oxidation sites excluding steroid dienone is 3. The molecule has 3 aliphatic rings. The maximum absolute atomic E-state index is 12.8. The Morgan fingerprint density at radius 3 is 3.00 bits per heavy atom. The largest absolute Gasteiger partial charge is 0.329 e. The van der Waals surface area contributed by atoms with Crippen LogP contribution >= 0.6 is 0 Å². The van der Waals surface area contributed by atoms with Crippen molar-refractivity contribution >= 4 is 17.1 Å². The van der Waals surface area contributed by atoms with E-state index >= 15 is 0 Å². The van der Waals surface area contributed by atoms with Gasteiger partial charge in [0.2, 0.25) is 11.6 Å². The normalized spacial score (nSPS) is 18.7. The number of fused-ring (bicyclic) bond motifs is 3. The van der Waals surface area contributed by atoms with Crippen LogP contribution < -0.4 is 0 Å². The number of benzene rings is 1. The lowest BCUT2D eigenvalue weighted by Crippen LogP contribution is -2.33. The monoisotopic (exact) mass is 316 g/mol. The minimum atomic E-state index is -0.0145. The number of ketones is 1. The zero-order valence-corrected chi connectivity index (χ0v) is 12.6. The molecule has 7 nitrogen and oxygen atoms in total. The van der Waals surface area contributed by atoms with Crippen LogP contribution in [0, 0.1) is 0 Å². The van der Waals surface area contributed by atoms with Crippen LogP contribution in [0.3, 0.4) is 0 Å². The minimum absolute atomic E-state index is 0.0145. The molecule has 5 rings (SSSR count). The SMILES string of the molecule is O=C1C2=NC3=CC(c4nn[nH]n4)=CCN3C=C2Cc2ccccc21. The number of aromatic amines is 1. The summed E-state index contributed by atoms with van der Waals surface area (Å²) in [7, 11) is 0. The van der Waals surface area contributed by atoms with Gasteiger partial charge in [0.25, 0.3) is 0 Å². The molecule has 0 fully saturated rings. The first kappa shape index (κ1) is 13.1. The Hall–Kier alpha value is -3.35. The van der Waals surface area contributed by atoms with Crippen LogP contribution in [0.25, 0.3) is 5.57 Å². The zero-order chi connectivity index (χ0) is 16.1. The average molecular weight is 316 g/mol. The van der Waals surface area contributed by atoms with E-state index in [-0.39, 0.29) is 5.78 Å². The number of aliphatic imine (C=N–C) groups is 1. The second-order valence-electron chi connectivity index (χ2n) is 5.83. The van der Waals surface area contributed by atoms with Crippen LogP contribution in [0.5, 0.6) is 0 Å². The molecule has 2 aromatic rings. The molecule has 1 N–H and O–H groups in total. The van der Waals surface area contributed by atoms with E-state index < -0.39 is 0 Å². The van der Waals surface area contributed by atoms with Gasteiger partial charge in [-0.15, -0.1) is 10.2 Å². The lowest BCUT2D eigenvalue weighted by atomic mass is 9.85. The second-order valence-corrected chi connectivity index (χ2v) is 5.83. The van der Waals surface area contributed by atoms with Crippen LogP contribution in [0.15, 0.2) is 59.0 Å². The van der Waals surface area contributed by atoms with Gasteiger partial charge in [-0.1, -0.05) is 30.3 Å². The Morgan fingerprint density at radius 2 is 2.12 bits per heavy atom. The van der Waals surface area contributed by atoms with Crippen molar-refractivity contribution in [3.8, 4) is 0 Å². The molecule has 0 spiro atoms. The standard InChI is InChI=1S/C17H12N6O/c24-16-13-4-2-1-3-10(13)7-12-9-23-6-5-11(17-19-21-22-20-17)8-14(23)18-15(12)16/h1-5,8-9H,6-7H2,(H,19,20,21,22). The average Bonchev–Trinajstić information content (AvgIpc) is 3.15. The summed E-state index contributed by atoms with van der Waals surface area (Å²) in [6, 6.07) is 7.71. The molecular weight excluding hydrogens is 304 g/mol. The highest BCUT2D eigenvalue weighted by molar-refractivity contribution is 6.53. The first-order valence-electron chi connectivity index (χ1n) is 7.64. The molecule has 0 radical (unpaired) electrons. The number of H-pyrrole nitrogens is 1. The van der Waals surface area contributed by atoms with Crippen molar-refractivity contribution in [3.63, 3.8) is 0 Å². The molecule has 1 aliphatic carbocycles. The smallest absolute Gasteiger partial charge is 0.212 e. The molecule has 116 valence electrons. The summed E-state index contributed by atoms with van der Waals surface area (Å²) < 4.78 is 0. The van der Waals surface area contributed by atoms with Crippen molar-refractivity contribution < 1.29 is 4.79 Å². The predicted molar refractivity (Wildman–Crippen MR) is 86.9 cm³/mol. The first-order valence-corrected chi connectivity index (χ1v) is 7.64. The van der Waals surface area contributed by atoms with Crippen molar-refractivity contribution in [1.82, 2.24) is 25.5 Å². The van der Waals surface area contributed by atoms with Gasteiger partial charge in [-0.2, -0.15) is 5.21 Å². The number of carbonyl (C=O) groups excluding carboxylic acids is 1. The minimum Gasteiger partial charge on any atom is -0.329 e. The molecule has 0 saturated heterocycles. The number of hydrogen-bond acceptors (Lipinski definition) is 6. The second kappa shape index (κ2) is 4.82. The zero-order valence-electron chi connectivity index (χ0n) is 12.6. The Bertz CT molecular complexity index is 980. The van der Waals surface area contributed by atoms with Crippen molar-refractivity contribution in [2.24, 2.45) is 4.99 Å². The molecule has 1 aromatic carbocycles. The van der Waals surface area contributed by atoms with Gasteiger partial charge in [0, 0.05) is 35.9 Å². The predicted octanol–water partition coefficient (Wildman–Crippen LogP) is 1.52. The van der Waals surface area contributed by atoms with Gasteiger partial charge >= 0.3 is 0 Å². The highest BCUT2D eigenvalue weighted by Crippen LogP contribution is 2.31. The molecule has 0 amide bonds. The molecule has 0 saturated carbocycles. The summed E-state index contributed by atoms with van der Waals surface area (Å²) in [5, 5.41) is 14.0. The Kier molecular flexibility index (Phi) is 2.64. The topological polar surface area (TPSA) is 87.1 Å². The molecule has 24 heavy (non-hydrogen) atoms. The van der Waals surface area contributed by atoms with Crippen molar-refractivity contribution in [2.75, 3.05) is 6.54 Å². The van der Waals surface area contributed by atoms with Gasteiger partial charge in [0.15, 0.2) is 0 Å². The van der Waals surface area contributed by atoms with Crippen LogP contribution in [-0.4, -0.2) is 43.6 Å². The molecular formula is C17H12N6O. The summed E-state index contributed by atoms with van der Waals surface area (Å²) in [6.45, 7) is 0.659. The summed E-state index contributed by atoms with van der Waals surface area (Å²) in [4.78, 5) is 19.4. The van der Waals surface area contributed by atoms with Crippen LogP contribution in [0.1, 0.15) is 21.7 Å². The van der Waals surface area contributed by atoms with E-state index in [4.69, 9.17) is 0 Å². The van der Waals surface area contributed by atoms with Gasteiger partial charge in [-0.25, -0.2) is 4.99 Å². The van der Waals surface area contributed by atoms with Crippen LogP contribution in [0.2, 0.25) is 0 Å². The summed E-state index contributed by atoms with van der Waals surface area (Å²) >= 11 is 0. The number of tetrazole rings is 1. The van der Waals surface area contributed by atoms with E-state index in [1.807, 2.05) is 47.5 Å². The molecule has 0 unspecified atom stereocenters. The molecule has 1 aromatic heterocycles. The van der Waals surface area contributed by atoms with E-state index in [1.54, 1.807) is 0 Å². The van der Waals surface area contributed by atoms with Gasteiger partial charge in [0.05, 0.1) is 0 Å².